The first-order chi connectivity index (χ1) is 14.8. The number of hydrogen-bond donors (Lipinski definition) is 0. The van der Waals surface area contributed by atoms with Gasteiger partial charge in [-0.3, -0.25) is 14.4 Å². The average molecular weight is 417 g/mol. The second-order valence-corrected chi connectivity index (χ2v) is 7.24. The molecule has 2 unspecified atom stereocenters. The minimum Gasteiger partial charge on any atom is -0.371 e. The predicted octanol–water partition coefficient (Wildman–Crippen LogP) is 3.87. The van der Waals surface area contributed by atoms with Crippen LogP contribution in [0.15, 0.2) is 65.5 Å². The van der Waals surface area contributed by atoms with E-state index < -0.39 is 6.98 Å². The zero-order chi connectivity index (χ0) is 22.2. The first-order valence-electron chi connectivity index (χ1n) is 11.1. The largest absolute Gasteiger partial charge is 0.371 e. The summed E-state index contributed by atoms with van der Waals surface area (Å²) in [5.41, 5.74) is 2.30. The fraction of sp³-hybridized carbons (Fsp3) is 0.348. The number of ether oxygens (including phenoxy) is 1. The normalized spacial score (nSPS) is 21.7. The molecular formula is C23H28ClN3O2. The molecular weight excluding hydrogens is 386 g/mol. The molecule has 1 aliphatic rings. The highest BCUT2D eigenvalue weighted by molar-refractivity contribution is 5.85. The third-order valence-corrected chi connectivity index (χ3v) is 5.59. The summed E-state index contributed by atoms with van der Waals surface area (Å²) >= 11 is 0. The minimum atomic E-state index is -2.47. The number of morpholine rings is 1. The van der Waals surface area contributed by atoms with Crippen molar-refractivity contribution in [1.82, 2.24) is 14.3 Å². The molecule has 0 bridgehead atoms. The van der Waals surface area contributed by atoms with Gasteiger partial charge in [-0.25, -0.2) is 4.68 Å². The van der Waals surface area contributed by atoms with Crippen LogP contribution < -0.4 is 5.56 Å². The Morgan fingerprint density at radius 3 is 2.41 bits per heavy atom. The van der Waals surface area contributed by atoms with Gasteiger partial charge in [-0.05, 0) is 31.5 Å². The van der Waals surface area contributed by atoms with Crippen molar-refractivity contribution in [2.24, 2.45) is 6.98 Å². The maximum atomic E-state index is 13.4. The molecule has 1 aliphatic heterocycles. The van der Waals surface area contributed by atoms with Crippen molar-refractivity contribution in [3.63, 3.8) is 0 Å². The molecule has 0 radical (unpaired) electrons. The Hall–Kier alpha value is -2.34. The molecule has 0 N–H and O–H groups in total. The molecule has 1 fully saturated rings. The molecule has 29 heavy (non-hydrogen) atoms. The SMILES string of the molecule is Cl.[2H]C([2H])([2H])n1c(C)c(CN2CCOC(c3ccccc3)C2C)c(=O)n1-c1ccccc1. The van der Waals surface area contributed by atoms with E-state index in [1.165, 1.54) is 4.68 Å². The quantitative estimate of drug-likeness (QED) is 0.648. The van der Waals surface area contributed by atoms with Crippen LogP contribution in [0, 0.1) is 6.92 Å². The Morgan fingerprint density at radius 2 is 1.76 bits per heavy atom. The number of para-hydroxylation sites is 1. The van der Waals surface area contributed by atoms with E-state index in [0.717, 1.165) is 10.2 Å². The molecule has 0 amide bonds. The van der Waals surface area contributed by atoms with Crippen LogP contribution in [0.5, 0.6) is 0 Å². The van der Waals surface area contributed by atoms with Crippen LogP contribution in [0.3, 0.4) is 0 Å². The number of benzene rings is 2. The van der Waals surface area contributed by atoms with Crippen molar-refractivity contribution >= 4 is 12.4 Å². The van der Waals surface area contributed by atoms with Gasteiger partial charge in [0.05, 0.1) is 24.0 Å². The lowest BCUT2D eigenvalue weighted by molar-refractivity contribution is -0.0704. The summed E-state index contributed by atoms with van der Waals surface area (Å²) in [6.45, 7) is 2.92. The molecule has 154 valence electrons. The molecule has 2 heterocycles. The van der Waals surface area contributed by atoms with Gasteiger partial charge in [0, 0.05) is 35.9 Å². The van der Waals surface area contributed by atoms with Crippen LogP contribution in [-0.2, 0) is 18.3 Å². The summed E-state index contributed by atoms with van der Waals surface area (Å²) in [6.07, 6.45) is -0.101. The first-order valence-corrected chi connectivity index (χ1v) is 9.59. The highest BCUT2D eigenvalue weighted by atomic mass is 35.5. The van der Waals surface area contributed by atoms with Crippen LogP contribution in [-0.4, -0.2) is 33.5 Å². The van der Waals surface area contributed by atoms with Crippen molar-refractivity contribution in [2.75, 3.05) is 13.2 Å². The van der Waals surface area contributed by atoms with E-state index in [4.69, 9.17) is 8.85 Å². The molecule has 3 aromatic rings. The Balaban J connectivity index is 0.00000289. The summed E-state index contributed by atoms with van der Waals surface area (Å²) in [6, 6.07) is 19.0. The number of nitrogens with zero attached hydrogens (tertiary/aromatic N) is 3. The lowest BCUT2D eigenvalue weighted by Crippen LogP contribution is -2.45. The Bertz CT molecular complexity index is 1100. The van der Waals surface area contributed by atoms with Crippen molar-refractivity contribution in [2.45, 2.75) is 32.5 Å². The van der Waals surface area contributed by atoms with Gasteiger partial charge in [-0.2, -0.15) is 0 Å². The lowest BCUT2D eigenvalue weighted by atomic mass is 10.00. The zero-order valence-electron chi connectivity index (χ0n) is 19.6. The van der Waals surface area contributed by atoms with Gasteiger partial charge < -0.3 is 4.74 Å². The van der Waals surface area contributed by atoms with Crippen molar-refractivity contribution in [3.05, 3.63) is 87.8 Å². The minimum absolute atomic E-state index is 0. The summed E-state index contributed by atoms with van der Waals surface area (Å²) < 4.78 is 32.5. The smallest absolute Gasteiger partial charge is 0.276 e. The predicted molar refractivity (Wildman–Crippen MR) is 118 cm³/mol. The maximum Gasteiger partial charge on any atom is 0.276 e. The fourth-order valence-electron chi connectivity index (χ4n) is 3.91. The van der Waals surface area contributed by atoms with E-state index in [1.54, 1.807) is 31.2 Å². The van der Waals surface area contributed by atoms with Gasteiger partial charge in [0.2, 0.25) is 0 Å². The van der Waals surface area contributed by atoms with Gasteiger partial charge in [0.15, 0.2) is 0 Å². The molecule has 0 aliphatic carbocycles. The molecule has 5 nitrogen and oxygen atoms in total. The Morgan fingerprint density at radius 1 is 1.10 bits per heavy atom. The van der Waals surface area contributed by atoms with E-state index >= 15 is 0 Å². The van der Waals surface area contributed by atoms with E-state index in [0.29, 0.717) is 36.6 Å². The van der Waals surface area contributed by atoms with Crippen LogP contribution >= 0.6 is 12.4 Å². The summed E-state index contributed by atoms with van der Waals surface area (Å²) in [5, 5.41) is 0. The molecule has 6 heteroatoms. The summed E-state index contributed by atoms with van der Waals surface area (Å²) in [5.74, 6) is 0. The summed E-state index contributed by atoms with van der Waals surface area (Å²) in [7, 11) is 0. The lowest BCUT2D eigenvalue weighted by Gasteiger charge is -2.39. The van der Waals surface area contributed by atoms with Gasteiger partial charge in [-0.1, -0.05) is 48.5 Å². The fourth-order valence-corrected chi connectivity index (χ4v) is 3.91. The zero-order valence-corrected chi connectivity index (χ0v) is 17.4. The van der Waals surface area contributed by atoms with Crippen molar-refractivity contribution < 1.29 is 8.85 Å². The molecule has 1 saturated heterocycles. The van der Waals surface area contributed by atoms with E-state index in [1.807, 2.05) is 36.4 Å². The molecule has 2 atom stereocenters. The number of rotatable bonds is 4. The van der Waals surface area contributed by atoms with Gasteiger partial charge in [-0.15, -0.1) is 12.4 Å². The second kappa shape index (κ2) is 8.99. The van der Waals surface area contributed by atoms with Crippen LogP contribution in [0.4, 0.5) is 0 Å². The standard InChI is InChI=1S/C23H27N3O2.ClH/c1-17-21(23(27)26(24(17)3)20-12-8-5-9-13-20)16-25-14-15-28-22(18(25)2)19-10-6-4-7-11-19;/h4-13,18,22H,14-16H2,1-3H3;1H/i3D3;. The van der Waals surface area contributed by atoms with Crippen LogP contribution in [0.25, 0.3) is 5.69 Å². The highest BCUT2D eigenvalue weighted by Gasteiger charge is 2.31. The Kier molecular flexibility index (Phi) is 5.43. The van der Waals surface area contributed by atoms with E-state index in [2.05, 4.69) is 11.8 Å². The van der Waals surface area contributed by atoms with Gasteiger partial charge in [0.25, 0.3) is 5.56 Å². The number of aromatic nitrogens is 2. The van der Waals surface area contributed by atoms with Crippen molar-refractivity contribution in [3.8, 4) is 5.69 Å². The van der Waals surface area contributed by atoms with E-state index in [9.17, 15) is 4.79 Å². The van der Waals surface area contributed by atoms with Gasteiger partial charge >= 0.3 is 0 Å². The molecule has 4 rings (SSSR count). The third kappa shape index (κ3) is 4.04. The molecule has 0 saturated carbocycles. The highest BCUT2D eigenvalue weighted by Crippen LogP contribution is 2.29. The molecule has 0 spiro atoms. The Labute approximate surface area is 182 Å². The van der Waals surface area contributed by atoms with Crippen molar-refractivity contribution in [1.29, 1.82) is 0 Å². The van der Waals surface area contributed by atoms with Crippen LogP contribution in [0.1, 0.15) is 34.0 Å². The molecule has 1 aromatic heterocycles. The first kappa shape index (κ1) is 17.5. The number of hydrogen-bond acceptors (Lipinski definition) is 3. The maximum absolute atomic E-state index is 13.4. The monoisotopic (exact) mass is 416 g/mol. The topological polar surface area (TPSA) is 39.4 Å². The second-order valence-electron chi connectivity index (χ2n) is 7.24. The van der Waals surface area contributed by atoms with Crippen LogP contribution in [0.2, 0.25) is 0 Å². The number of halogens is 1. The average Bonchev–Trinajstić information content (AvgIpc) is 3.01. The van der Waals surface area contributed by atoms with E-state index in [-0.39, 0.29) is 30.1 Å². The summed E-state index contributed by atoms with van der Waals surface area (Å²) in [4.78, 5) is 15.6. The molecule has 2 aromatic carbocycles. The third-order valence-electron chi connectivity index (χ3n) is 5.59. The van der Waals surface area contributed by atoms with Gasteiger partial charge in [0.1, 0.15) is 0 Å².